The van der Waals surface area contributed by atoms with Crippen LogP contribution in [0.4, 0.5) is 23.4 Å². The summed E-state index contributed by atoms with van der Waals surface area (Å²) in [5.41, 5.74) is -1.81. The van der Waals surface area contributed by atoms with Gasteiger partial charge in [-0.1, -0.05) is 0 Å². The summed E-state index contributed by atoms with van der Waals surface area (Å²) in [4.78, 5) is 40.7. The average molecular weight is 452 g/mol. The van der Waals surface area contributed by atoms with Gasteiger partial charge in [0.05, 0.1) is 24.3 Å². The van der Waals surface area contributed by atoms with Gasteiger partial charge in [0.1, 0.15) is 23.1 Å². The zero-order valence-electron chi connectivity index (χ0n) is 16.5. The Morgan fingerprint density at radius 2 is 2.03 bits per heavy atom. The quantitative estimate of drug-likeness (QED) is 0.569. The molecule has 13 heteroatoms. The van der Waals surface area contributed by atoms with Gasteiger partial charge in [-0.25, -0.2) is 32.3 Å². The van der Waals surface area contributed by atoms with Gasteiger partial charge in [-0.2, -0.15) is 0 Å². The van der Waals surface area contributed by atoms with Crippen LogP contribution in [0.15, 0.2) is 40.2 Å². The standard InChI is InChI=1S/C19H16F4N6O3/c1-9-26-12(11-6-25-18(31)28-17(11)30)5-15(27-9)29-7-14(19(22,23)8-29)32-10-2-3-24-13(4-10)16(20)21/h2-6,14,16H,7-8H2,1H3,(H2,25,28,30,31)/t14-/m0/s1. The highest BCUT2D eigenvalue weighted by molar-refractivity contribution is 5.61. The van der Waals surface area contributed by atoms with Crippen LogP contribution in [-0.4, -0.2) is 50.0 Å². The fourth-order valence-corrected chi connectivity index (χ4v) is 3.29. The molecule has 0 radical (unpaired) electrons. The van der Waals surface area contributed by atoms with Crippen molar-refractivity contribution in [2.24, 2.45) is 0 Å². The monoisotopic (exact) mass is 452 g/mol. The normalized spacial score (nSPS) is 17.7. The van der Waals surface area contributed by atoms with Crippen molar-refractivity contribution < 1.29 is 22.3 Å². The molecule has 1 saturated heterocycles. The minimum absolute atomic E-state index is 0.0337. The fraction of sp³-hybridized carbons (Fsp3) is 0.316. The number of aromatic nitrogens is 5. The predicted octanol–water partition coefficient (Wildman–Crippen LogP) is 2.06. The van der Waals surface area contributed by atoms with Crippen LogP contribution in [0.5, 0.6) is 5.75 Å². The van der Waals surface area contributed by atoms with Gasteiger partial charge in [0.25, 0.3) is 12.0 Å². The van der Waals surface area contributed by atoms with Gasteiger partial charge >= 0.3 is 11.6 Å². The highest BCUT2D eigenvalue weighted by Gasteiger charge is 2.50. The SMILES string of the molecule is Cc1nc(-c2c[nH]c(=O)[nH]c2=O)cc(N2C[C@H](Oc3ccnc(C(F)F)c3)C(F)(F)C2)n1. The van der Waals surface area contributed by atoms with E-state index in [1.165, 1.54) is 30.2 Å². The first kappa shape index (κ1) is 21.5. The summed E-state index contributed by atoms with van der Waals surface area (Å²) in [7, 11) is 0. The number of nitrogens with one attached hydrogen (secondary N) is 2. The van der Waals surface area contributed by atoms with E-state index in [-0.39, 0.29) is 35.2 Å². The number of pyridine rings is 1. The summed E-state index contributed by atoms with van der Waals surface area (Å²) in [5, 5.41) is 0. The van der Waals surface area contributed by atoms with Crippen LogP contribution in [-0.2, 0) is 0 Å². The van der Waals surface area contributed by atoms with Crippen molar-refractivity contribution in [3.63, 3.8) is 0 Å². The van der Waals surface area contributed by atoms with Gasteiger partial charge in [0.15, 0.2) is 6.10 Å². The van der Waals surface area contributed by atoms with Gasteiger partial charge in [0, 0.05) is 24.5 Å². The number of halogens is 4. The highest BCUT2D eigenvalue weighted by Crippen LogP contribution is 2.34. The number of ether oxygens (including phenoxy) is 1. The number of nitrogens with zero attached hydrogens (tertiary/aromatic N) is 4. The molecule has 1 atom stereocenters. The highest BCUT2D eigenvalue weighted by atomic mass is 19.3. The number of rotatable bonds is 5. The van der Waals surface area contributed by atoms with Crippen LogP contribution < -0.4 is 20.9 Å². The minimum atomic E-state index is -3.32. The maximum Gasteiger partial charge on any atom is 0.325 e. The van der Waals surface area contributed by atoms with Crippen LogP contribution in [0.1, 0.15) is 17.9 Å². The van der Waals surface area contributed by atoms with E-state index in [9.17, 15) is 27.2 Å². The summed E-state index contributed by atoms with van der Waals surface area (Å²) in [6.45, 7) is 0.484. The molecular weight excluding hydrogens is 436 g/mol. The number of alkyl halides is 4. The maximum absolute atomic E-state index is 14.7. The van der Waals surface area contributed by atoms with Crippen LogP contribution in [0.3, 0.4) is 0 Å². The topological polar surface area (TPSA) is 117 Å². The van der Waals surface area contributed by atoms with Crippen LogP contribution >= 0.6 is 0 Å². The first-order valence-corrected chi connectivity index (χ1v) is 9.34. The molecule has 9 nitrogen and oxygen atoms in total. The number of hydrogen-bond donors (Lipinski definition) is 2. The third-order valence-electron chi connectivity index (χ3n) is 4.76. The zero-order valence-corrected chi connectivity index (χ0v) is 16.5. The first-order valence-electron chi connectivity index (χ1n) is 9.34. The molecule has 0 aliphatic carbocycles. The van der Waals surface area contributed by atoms with Crippen molar-refractivity contribution >= 4 is 5.82 Å². The Morgan fingerprint density at radius 3 is 2.75 bits per heavy atom. The van der Waals surface area contributed by atoms with E-state index in [4.69, 9.17) is 4.74 Å². The fourth-order valence-electron chi connectivity index (χ4n) is 3.29. The molecule has 0 aromatic carbocycles. The Kier molecular flexibility index (Phi) is 5.40. The Balaban J connectivity index is 1.61. The van der Waals surface area contributed by atoms with E-state index in [0.29, 0.717) is 0 Å². The molecule has 1 aliphatic rings. The molecule has 1 aliphatic heterocycles. The molecule has 0 unspecified atom stereocenters. The van der Waals surface area contributed by atoms with E-state index in [0.717, 1.165) is 12.3 Å². The summed E-state index contributed by atoms with van der Waals surface area (Å²) in [6.07, 6.45) is -2.27. The smallest absolute Gasteiger partial charge is 0.325 e. The number of aryl methyl sites for hydroxylation is 1. The van der Waals surface area contributed by atoms with Crippen LogP contribution in [0, 0.1) is 6.92 Å². The molecule has 4 heterocycles. The molecule has 3 aromatic rings. The molecule has 0 spiro atoms. The molecule has 0 bridgehead atoms. The molecule has 168 valence electrons. The summed E-state index contributed by atoms with van der Waals surface area (Å²) in [6, 6.07) is 3.48. The van der Waals surface area contributed by atoms with Gasteiger partial charge in [-0.3, -0.25) is 14.8 Å². The third kappa shape index (κ3) is 4.31. The van der Waals surface area contributed by atoms with E-state index in [2.05, 4.69) is 24.9 Å². The zero-order chi connectivity index (χ0) is 23.0. The van der Waals surface area contributed by atoms with Gasteiger partial charge < -0.3 is 14.6 Å². The maximum atomic E-state index is 14.7. The molecule has 32 heavy (non-hydrogen) atoms. The molecule has 0 saturated carbocycles. The van der Waals surface area contributed by atoms with E-state index in [1.807, 2.05) is 0 Å². The van der Waals surface area contributed by atoms with Crippen molar-refractivity contribution in [2.75, 3.05) is 18.0 Å². The lowest BCUT2D eigenvalue weighted by Gasteiger charge is -2.19. The van der Waals surface area contributed by atoms with Crippen molar-refractivity contribution in [3.8, 4) is 17.0 Å². The largest absolute Gasteiger partial charge is 0.482 e. The number of H-pyrrole nitrogens is 2. The second kappa shape index (κ2) is 8.05. The van der Waals surface area contributed by atoms with Crippen molar-refractivity contribution in [3.05, 3.63) is 62.9 Å². The predicted molar refractivity (Wildman–Crippen MR) is 104 cm³/mol. The summed E-state index contributed by atoms with van der Waals surface area (Å²) < 4.78 is 60.3. The third-order valence-corrected chi connectivity index (χ3v) is 4.76. The Labute approximate surface area is 177 Å². The van der Waals surface area contributed by atoms with Crippen molar-refractivity contribution in [2.45, 2.75) is 25.4 Å². The van der Waals surface area contributed by atoms with E-state index < -0.39 is 41.9 Å². The van der Waals surface area contributed by atoms with Crippen LogP contribution in [0.25, 0.3) is 11.3 Å². The van der Waals surface area contributed by atoms with Gasteiger partial charge in [-0.05, 0) is 13.0 Å². The first-order chi connectivity index (χ1) is 15.1. The Morgan fingerprint density at radius 1 is 1.25 bits per heavy atom. The number of aromatic amines is 2. The van der Waals surface area contributed by atoms with Crippen molar-refractivity contribution in [1.29, 1.82) is 0 Å². The molecule has 2 N–H and O–H groups in total. The molecule has 3 aromatic heterocycles. The Bertz CT molecular complexity index is 1260. The lowest BCUT2D eigenvalue weighted by Crippen LogP contribution is -2.36. The Hall–Kier alpha value is -3.77. The number of anilines is 1. The summed E-state index contributed by atoms with van der Waals surface area (Å²) >= 11 is 0. The second-order valence-electron chi connectivity index (χ2n) is 7.11. The summed E-state index contributed by atoms with van der Waals surface area (Å²) in [5.74, 6) is -3.14. The van der Waals surface area contributed by atoms with Gasteiger partial charge in [-0.15, -0.1) is 0 Å². The lowest BCUT2D eigenvalue weighted by atomic mass is 10.2. The van der Waals surface area contributed by atoms with E-state index in [1.54, 1.807) is 0 Å². The molecule has 0 amide bonds. The average Bonchev–Trinajstić information content (AvgIpc) is 3.02. The van der Waals surface area contributed by atoms with Gasteiger partial charge in [0.2, 0.25) is 0 Å². The number of hydrogen-bond acceptors (Lipinski definition) is 7. The van der Waals surface area contributed by atoms with E-state index >= 15 is 0 Å². The molecular formula is C19H16F4N6O3. The minimum Gasteiger partial charge on any atom is -0.482 e. The van der Waals surface area contributed by atoms with Crippen molar-refractivity contribution in [1.82, 2.24) is 24.9 Å². The second-order valence-corrected chi connectivity index (χ2v) is 7.11. The molecule has 1 fully saturated rings. The lowest BCUT2D eigenvalue weighted by molar-refractivity contribution is -0.0595. The molecule has 4 rings (SSSR count). The van der Waals surface area contributed by atoms with Crippen LogP contribution in [0.2, 0.25) is 0 Å².